The SMILES string of the molecule is CNc1cncc(C(=O)N2CCC[C@@H](Nc3c(C(=O)N4CCC5(CCOCC5)CC4)cc(Br)cc3[N+](=O)[O-])C2)c1. The fourth-order valence-electron chi connectivity index (χ4n) is 6.08. The third kappa shape index (κ3) is 6.07. The molecule has 0 aliphatic carbocycles. The van der Waals surface area contributed by atoms with Gasteiger partial charge in [0.05, 0.1) is 21.7 Å². The molecule has 5 rings (SSSR count). The number of ether oxygens (including phenoxy) is 1. The number of nitrogens with one attached hydrogen (secondary N) is 2. The van der Waals surface area contributed by atoms with Crippen LogP contribution in [0.25, 0.3) is 0 Å². The smallest absolute Gasteiger partial charge is 0.294 e. The molecular weight excluding hydrogens is 580 g/mol. The van der Waals surface area contributed by atoms with Crippen molar-refractivity contribution in [3.8, 4) is 0 Å². The molecule has 3 fully saturated rings. The number of amides is 2. The number of aromatic nitrogens is 1. The van der Waals surface area contributed by atoms with E-state index in [1.54, 1.807) is 36.5 Å². The number of carbonyl (C=O) groups excluding carboxylic acids is 2. The van der Waals surface area contributed by atoms with Gasteiger partial charge in [0, 0.05) is 75.4 Å². The van der Waals surface area contributed by atoms with Crippen LogP contribution in [0.3, 0.4) is 0 Å². The van der Waals surface area contributed by atoms with Gasteiger partial charge in [-0.05, 0) is 56.1 Å². The first-order valence-electron chi connectivity index (χ1n) is 13.8. The van der Waals surface area contributed by atoms with Gasteiger partial charge in [-0.25, -0.2) is 0 Å². The van der Waals surface area contributed by atoms with Gasteiger partial charge in [0.25, 0.3) is 17.5 Å². The number of rotatable bonds is 6. The van der Waals surface area contributed by atoms with Gasteiger partial charge in [-0.2, -0.15) is 0 Å². The number of carbonyl (C=O) groups is 2. The Kier molecular flexibility index (Phi) is 8.55. The van der Waals surface area contributed by atoms with E-state index < -0.39 is 4.92 Å². The van der Waals surface area contributed by atoms with Crippen molar-refractivity contribution in [1.82, 2.24) is 14.8 Å². The molecule has 0 bridgehead atoms. The molecule has 2 aromatic rings. The molecule has 3 saturated heterocycles. The lowest BCUT2D eigenvalue weighted by atomic mass is 9.72. The zero-order chi connectivity index (χ0) is 28.3. The number of pyridine rings is 1. The Bertz CT molecular complexity index is 1270. The molecule has 11 nitrogen and oxygen atoms in total. The second-order valence-corrected chi connectivity index (χ2v) is 11.9. The average Bonchev–Trinajstić information content (AvgIpc) is 2.98. The highest BCUT2D eigenvalue weighted by molar-refractivity contribution is 9.10. The fourth-order valence-corrected chi connectivity index (χ4v) is 6.52. The van der Waals surface area contributed by atoms with Crippen LogP contribution in [-0.4, -0.2) is 84.0 Å². The number of nitrogens with zero attached hydrogens (tertiary/aromatic N) is 4. The summed E-state index contributed by atoms with van der Waals surface area (Å²) in [5.41, 5.74) is 1.77. The Hall–Kier alpha value is -3.25. The number of anilines is 2. The minimum absolute atomic E-state index is 0.145. The quantitative estimate of drug-likeness (QED) is 0.358. The number of hydrogen-bond donors (Lipinski definition) is 2. The monoisotopic (exact) mass is 614 g/mol. The first kappa shape index (κ1) is 28.3. The average molecular weight is 616 g/mol. The number of nitro benzene ring substituents is 1. The predicted molar refractivity (Wildman–Crippen MR) is 155 cm³/mol. The number of halogens is 1. The van der Waals surface area contributed by atoms with E-state index in [9.17, 15) is 19.7 Å². The number of piperidine rings is 2. The highest BCUT2D eigenvalue weighted by atomic mass is 79.9. The van der Waals surface area contributed by atoms with Crippen LogP contribution in [0, 0.1) is 15.5 Å². The molecule has 3 aliphatic rings. The van der Waals surface area contributed by atoms with E-state index in [4.69, 9.17) is 4.74 Å². The molecule has 12 heteroatoms. The lowest BCUT2D eigenvalue weighted by Crippen LogP contribution is -2.46. The number of likely N-dealkylation sites (tertiary alicyclic amines) is 2. The highest BCUT2D eigenvalue weighted by Gasteiger charge is 2.38. The Morgan fingerprint density at radius 2 is 1.82 bits per heavy atom. The van der Waals surface area contributed by atoms with Crippen LogP contribution in [0.15, 0.2) is 35.1 Å². The molecule has 40 heavy (non-hydrogen) atoms. The van der Waals surface area contributed by atoms with E-state index in [1.807, 2.05) is 4.90 Å². The van der Waals surface area contributed by atoms with Crippen molar-refractivity contribution < 1.29 is 19.2 Å². The lowest BCUT2D eigenvalue weighted by Gasteiger charge is -2.44. The van der Waals surface area contributed by atoms with E-state index in [1.165, 1.54) is 6.07 Å². The van der Waals surface area contributed by atoms with Crippen LogP contribution in [0.5, 0.6) is 0 Å². The summed E-state index contributed by atoms with van der Waals surface area (Å²) >= 11 is 3.38. The van der Waals surface area contributed by atoms with E-state index in [2.05, 4.69) is 31.5 Å². The summed E-state index contributed by atoms with van der Waals surface area (Å²) in [4.78, 5) is 46.4. The van der Waals surface area contributed by atoms with E-state index >= 15 is 0 Å². The van der Waals surface area contributed by atoms with E-state index in [0.29, 0.717) is 42.6 Å². The van der Waals surface area contributed by atoms with Crippen LogP contribution in [-0.2, 0) is 4.74 Å². The number of hydrogen-bond acceptors (Lipinski definition) is 8. The summed E-state index contributed by atoms with van der Waals surface area (Å²) in [6, 6.07) is 4.59. The van der Waals surface area contributed by atoms with E-state index in [0.717, 1.165) is 51.0 Å². The first-order chi connectivity index (χ1) is 19.3. The minimum Gasteiger partial charge on any atom is -0.387 e. The molecule has 0 saturated carbocycles. The molecule has 1 aromatic carbocycles. The first-order valence-corrected chi connectivity index (χ1v) is 14.6. The third-order valence-corrected chi connectivity index (χ3v) is 8.96. The predicted octanol–water partition coefficient (Wildman–Crippen LogP) is 4.54. The molecular formula is C28H35BrN6O5. The molecule has 0 radical (unpaired) electrons. The van der Waals surface area contributed by atoms with Gasteiger partial charge in [0.2, 0.25) is 0 Å². The molecule has 214 valence electrons. The van der Waals surface area contributed by atoms with Crippen molar-refractivity contribution in [3.63, 3.8) is 0 Å². The van der Waals surface area contributed by atoms with Gasteiger partial charge in [-0.15, -0.1) is 0 Å². The molecule has 2 amide bonds. The van der Waals surface area contributed by atoms with Gasteiger partial charge in [0.15, 0.2) is 0 Å². The Morgan fingerprint density at radius 1 is 1.07 bits per heavy atom. The Labute approximate surface area is 241 Å². The van der Waals surface area contributed by atoms with Crippen LogP contribution in [0.4, 0.5) is 17.1 Å². The van der Waals surface area contributed by atoms with Crippen LogP contribution in [0.1, 0.15) is 59.2 Å². The minimum atomic E-state index is -0.461. The maximum Gasteiger partial charge on any atom is 0.294 e. The van der Waals surface area contributed by atoms with Gasteiger partial charge < -0.3 is 25.2 Å². The largest absolute Gasteiger partial charge is 0.387 e. The summed E-state index contributed by atoms with van der Waals surface area (Å²) in [5.74, 6) is -0.361. The summed E-state index contributed by atoms with van der Waals surface area (Å²) in [6.45, 7) is 3.69. The second-order valence-electron chi connectivity index (χ2n) is 11.0. The van der Waals surface area contributed by atoms with Gasteiger partial charge in [-0.3, -0.25) is 24.7 Å². The number of nitro groups is 1. The van der Waals surface area contributed by atoms with Crippen molar-refractivity contribution in [1.29, 1.82) is 0 Å². The topological polar surface area (TPSA) is 130 Å². The van der Waals surface area contributed by atoms with Gasteiger partial charge in [-0.1, -0.05) is 15.9 Å². The van der Waals surface area contributed by atoms with Crippen LogP contribution in [0.2, 0.25) is 0 Å². The van der Waals surface area contributed by atoms with Crippen LogP contribution >= 0.6 is 15.9 Å². The standard InChI is InChI=1S/C28H35BrN6O5/c1-30-22-13-19(16-31-17-22)26(36)34-8-2-3-21(18-34)32-25-23(14-20(29)15-24(25)35(38)39)27(37)33-9-4-28(5-10-33)6-11-40-12-7-28/h13-17,21,30,32H,2-12,18H2,1H3/t21-/m1/s1. The molecule has 3 aliphatic heterocycles. The maximum atomic E-state index is 13.8. The van der Waals surface area contributed by atoms with Crippen molar-refractivity contribution in [2.24, 2.45) is 5.41 Å². The van der Waals surface area contributed by atoms with Crippen molar-refractivity contribution in [2.45, 2.75) is 44.6 Å². The summed E-state index contributed by atoms with van der Waals surface area (Å²) < 4.78 is 6.02. The normalized spacial score (nSPS) is 20.7. The van der Waals surface area contributed by atoms with E-state index in [-0.39, 0.29) is 40.2 Å². The molecule has 1 spiro atoms. The molecule has 4 heterocycles. The summed E-state index contributed by atoms with van der Waals surface area (Å²) in [7, 11) is 1.77. The third-order valence-electron chi connectivity index (χ3n) is 8.51. The summed E-state index contributed by atoms with van der Waals surface area (Å²) in [6.07, 6.45) is 8.47. The maximum absolute atomic E-state index is 13.8. The zero-order valence-corrected chi connectivity index (χ0v) is 24.2. The lowest BCUT2D eigenvalue weighted by molar-refractivity contribution is -0.384. The molecule has 2 N–H and O–H groups in total. The number of benzene rings is 1. The van der Waals surface area contributed by atoms with Gasteiger partial charge in [0.1, 0.15) is 5.69 Å². The zero-order valence-electron chi connectivity index (χ0n) is 22.7. The molecule has 0 unspecified atom stereocenters. The van der Waals surface area contributed by atoms with Crippen molar-refractivity contribution in [3.05, 3.63) is 56.3 Å². The fraction of sp³-hybridized carbons (Fsp3) is 0.536. The molecule has 1 atom stereocenters. The van der Waals surface area contributed by atoms with Crippen LogP contribution < -0.4 is 10.6 Å². The highest BCUT2D eigenvalue weighted by Crippen LogP contribution is 2.42. The Morgan fingerprint density at radius 3 is 2.52 bits per heavy atom. The summed E-state index contributed by atoms with van der Waals surface area (Å²) in [5, 5.41) is 18.4. The Balaban J connectivity index is 1.35. The van der Waals surface area contributed by atoms with Crippen molar-refractivity contribution in [2.75, 3.05) is 57.1 Å². The van der Waals surface area contributed by atoms with Crippen molar-refractivity contribution >= 4 is 44.8 Å². The second kappa shape index (κ2) is 12.1. The van der Waals surface area contributed by atoms with Gasteiger partial charge >= 0.3 is 0 Å². The molecule has 1 aromatic heterocycles.